The Labute approximate surface area is 443 Å². The Bertz CT molecular complexity index is 1950. The minimum atomic E-state index is 0.915. The molecule has 0 spiro atoms. The van der Waals surface area contributed by atoms with Crippen molar-refractivity contribution < 1.29 is 0 Å². The number of hydrogen-bond donors (Lipinski definition) is 0. The topological polar surface area (TPSA) is 67.7 Å². The summed E-state index contributed by atoms with van der Waals surface area (Å²) in [5, 5.41) is 3.65. The SMILES string of the molecule is CC.CC.CC.CC.CC.CC.CC.CC.CC.CC.CN(c1ccccc1)c1ccccc1.c1ccc(-c2ccccn2)nc1.c1ccc2cnccc2c1.c1ccc2ncccc2c1.c1ccncc1. The lowest BCUT2D eigenvalue weighted by Crippen LogP contribution is -2.08. The Morgan fingerprint density at radius 3 is 0.944 bits per heavy atom. The molecule has 9 aromatic rings. The average Bonchev–Trinajstić information content (AvgIpc) is 3.54. The van der Waals surface area contributed by atoms with Crippen LogP contribution >= 0.6 is 0 Å². The van der Waals surface area contributed by atoms with E-state index in [9.17, 15) is 0 Å². The first-order valence-corrected chi connectivity index (χ1v) is 26.9. The van der Waals surface area contributed by atoms with Gasteiger partial charge in [0, 0.05) is 67.2 Å². The van der Waals surface area contributed by atoms with Gasteiger partial charge in [0.15, 0.2) is 0 Å². The third kappa shape index (κ3) is 38.8. The summed E-state index contributed by atoms with van der Waals surface area (Å²) in [5.41, 5.74) is 5.30. The highest BCUT2D eigenvalue weighted by molar-refractivity contribution is 5.81. The van der Waals surface area contributed by atoms with Crippen molar-refractivity contribution in [3.8, 4) is 11.4 Å². The first kappa shape index (κ1) is 76.4. The number of rotatable bonds is 3. The van der Waals surface area contributed by atoms with Crippen LogP contribution in [0.4, 0.5) is 11.4 Å². The molecule has 72 heavy (non-hydrogen) atoms. The standard InChI is InChI=1S/C13H13N.C10H8N2.2C9H7N.C5H5N.10C2H6/c1-14(12-8-4-2-5-9-12)13-10-6-3-7-11-13;1-3-7-11-9(5-1)10-6-2-4-8-12-10;1-2-6-9-8(4-1)5-3-7-10-9;1-2-4-9-7-10-6-5-8(9)3-1;1-2-4-6-5-3-1;10*1-2/h2-11H,1H3;1-8H;2*1-7H;1-5H;10*1-2H3. The molecule has 0 saturated carbocycles. The first-order chi connectivity index (χ1) is 35.8. The molecule has 0 aliphatic rings. The van der Waals surface area contributed by atoms with Crippen LogP contribution in [0.25, 0.3) is 33.1 Å². The number of fused-ring (bicyclic) bond motifs is 2. The van der Waals surface area contributed by atoms with Crippen LogP contribution in [0.2, 0.25) is 0 Å². The Kier molecular flexibility index (Phi) is 70.1. The van der Waals surface area contributed by atoms with Crippen molar-refractivity contribution in [1.29, 1.82) is 0 Å². The zero-order chi connectivity index (χ0) is 55.9. The van der Waals surface area contributed by atoms with Crippen LogP contribution in [-0.4, -0.2) is 32.0 Å². The van der Waals surface area contributed by atoms with Crippen LogP contribution in [0.15, 0.2) is 225 Å². The fraction of sp³-hybridized carbons (Fsp3) is 0.318. The maximum Gasteiger partial charge on any atom is 0.0886 e. The smallest absolute Gasteiger partial charge is 0.0886 e. The molecule has 394 valence electrons. The van der Waals surface area contributed by atoms with E-state index in [0.29, 0.717) is 0 Å². The Morgan fingerprint density at radius 1 is 0.250 bits per heavy atom. The van der Waals surface area contributed by atoms with E-state index in [4.69, 9.17) is 0 Å². The second kappa shape index (κ2) is 66.0. The van der Waals surface area contributed by atoms with E-state index in [-0.39, 0.29) is 0 Å². The molecular weight excluding hydrogens is 877 g/mol. The second-order valence-electron chi connectivity index (χ2n) is 11.1. The van der Waals surface area contributed by atoms with Gasteiger partial charge < -0.3 is 4.90 Å². The van der Waals surface area contributed by atoms with Gasteiger partial charge in [0.05, 0.1) is 16.9 Å². The zero-order valence-electron chi connectivity index (χ0n) is 49.0. The van der Waals surface area contributed by atoms with Gasteiger partial charge in [0.25, 0.3) is 0 Å². The lowest BCUT2D eigenvalue weighted by atomic mass is 10.2. The van der Waals surface area contributed by atoms with E-state index in [2.05, 4.69) is 110 Å². The first-order valence-electron chi connectivity index (χ1n) is 26.9. The molecule has 5 aromatic heterocycles. The van der Waals surface area contributed by atoms with E-state index in [1.807, 2.05) is 266 Å². The fourth-order valence-corrected chi connectivity index (χ4v) is 4.84. The lowest BCUT2D eigenvalue weighted by molar-refractivity contribution is 1.21. The molecule has 0 aliphatic heterocycles. The van der Waals surface area contributed by atoms with E-state index >= 15 is 0 Å². The predicted molar refractivity (Wildman–Crippen MR) is 330 cm³/mol. The molecule has 0 atom stereocenters. The molecule has 0 N–H and O–H groups in total. The number of benzene rings is 4. The minimum Gasteiger partial charge on any atom is -0.345 e. The lowest BCUT2D eigenvalue weighted by Gasteiger charge is -2.18. The molecule has 0 fully saturated rings. The van der Waals surface area contributed by atoms with Crippen molar-refractivity contribution in [2.45, 2.75) is 138 Å². The summed E-state index contributed by atoms with van der Waals surface area (Å²) < 4.78 is 0. The van der Waals surface area contributed by atoms with Gasteiger partial charge in [-0.25, -0.2) is 0 Å². The third-order valence-electron chi connectivity index (χ3n) is 7.51. The van der Waals surface area contributed by atoms with Crippen molar-refractivity contribution in [2.75, 3.05) is 11.9 Å². The molecule has 0 unspecified atom stereocenters. The monoisotopic (exact) mass is 977 g/mol. The highest BCUT2D eigenvalue weighted by atomic mass is 15.1. The molecule has 0 radical (unpaired) electrons. The normalized spacial score (nSPS) is 7.79. The van der Waals surface area contributed by atoms with Gasteiger partial charge in [-0.05, 0) is 89.6 Å². The summed E-state index contributed by atoms with van der Waals surface area (Å²) in [6.07, 6.45) is 12.5. The molecule has 6 nitrogen and oxygen atoms in total. The fourth-order valence-electron chi connectivity index (χ4n) is 4.84. The van der Waals surface area contributed by atoms with Crippen LogP contribution in [0, 0.1) is 0 Å². The molecular formula is C66H100N6. The van der Waals surface area contributed by atoms with Crippen molar-refractivity contribution >= 4 is 33.1 Å². The van der Waals surface area contributed by atoms with Crippen molar-refractivity contribution in [3.63, 3.8) is 0 Å². The third-order valence-corrected chi connectivity index (χ3v) is 7.51. The van der Waals surface area contributed by atoms with Crippen LogP contribution in [-0.2, 0) is 0 Å². The summed E-state index contributed by atoms with van der Waals surface area (Å²) >= 11 is 0. The van der Waals surface area contributed by atoms with Gasteiger partial charge in [-0.15, -0.1) is 0 Å². The van der Waals surface area contributed by atoms with Gasteiger partial charge >= 0.3 is 0 Å². The molecule has 4 aromatic carbocycles. The average molecular weight is 978 g/mol. The summed E-state index contributed by atoms with van der Waals surface area (Å²) in [7, 11) is 2.07. The number of anilines is 2. The summed E-state index contributed by atoms with van der Waals surface area (Å²) in [6, 6.07) is 60.3. The van der Waals surface area contributed by atoms with Crippen molar-refractivity contribution in [2.24, 2.45) is 0 Å². The second-order valence-corrected chi connectivity index (χ2v) is 11.1. The molecule has 0 aliphatic carbocycles. The highest BCUT2D eigenvalue weighted by Gasteiger charge is 2.00. The van der Waals surface area contributed by atoms with Crippen LogP contribution in [0.5, 0.6) is 0 Å². The zero-order valence-corrected chi connectivity index (χ0v) is 49.0. The van der Waals surface area contributed by atoms with Crippen molar-refractivity contribution in [1.82, 2.24) is 24.9 Å². The summed E-state index contributed by atoms with van der Waals surface area (Å²) in [5.74, 6) is 0. The van der Waals surface area contributed by atoms with Gasteiger partial charge in [-0.2, -0.15) is 0 Å². The number of para-hydroxylation sites is 3. The van der Waals surface area contributed by atoms with Crippen molar-refractivity contribution in [3.05, 3.63) is 225 Å². The van der Waals surface area contributed by atoms with Crippen LogP contribution in [0.1, 0.15) is 138 Å². The van der Waals surface area contributed by atoms with Gasteiger partial charge in [-0.1, -0.05) is 242 Å². The molecule has 0 bridgehead atoms. The van der Waals surface area contributed by atoms with Gasteiger partial charge in [0.2, 0.25) is 0 Å². The Hall–Kier alpha value is -7.05. The predicted octanol–water partition coefficient (Wildman–Crippen LogP) is 21.4. The number of nitrogens with zero attached hydrogens (tertiary/aromatic N) is 6. The van der Waals surface area contributed by atoms with E-state index in [1.165, 1.54) is 27.5 Å². The maximum absolute atomic E-state index is 4.19. The Balaban J connectivity index is -0.000000176. The van der Waals surface area contributed by atoms with Gasteiger partial charge in [-0.3, -0.25) is 24.9 Å². The minimum absolute atomic E-state index is 0.915. The van der Waals surface area contributed by atoms with E-state index in [1.54, 1.807) is 24.8 Å². The van der Waals surface area contributed by atoms with E-state index in [0.717, 1.165) is 16.9 Å². The van der Waals surface area contributed by atoms with Gasteiger partial charge in [0.1, 0.15) is 0 Å². The molecule has 9 rings (SSSR count). The largest absolute Gasteiger partial charge is 0.345 e. The summed E-state index contributed by atoms with van der Waals surface area (Å²) in [6.45, 7) is 40.0. The molecule has 5 heterocycles. The number of aromatic nitrogens is 5. The molecule has 0 saturated heterocycles. The molecule has 0 amide bonds. The number of pyridine rings is 5. The maximum atomic E-state index is 4.19. The summed E-state index contributed by atoms with van der Waals surface area (Å²) in [4.78, 5) is 22.5. The van der Waals surface area contributed by atoms with Crippen LogP contribution in [0.3, 0.4) is 0 Å². The number of hydrogen-bond acceptors (Lipinski definition) is 6. The molecule has 6 heteroatoms. The van der Waals surface area contributed by atoms with E-state index < -0.39 is 0 Å². The quantitative estimate of drug-likeness (QED) is 0.176. The Morgan fingerprint density at radius 2 is 0.583 bits per heavy atom. The van der Waals surface area contributed by atoms with Crippen LogP contribution < -0.4 is 4.90 Å². The highest BCUT2D eigenvalue weighted by Crippen LogP contribution is 2.22.